The van der Waals surface area contributed by atoms with Crippen LogP contribution in [0.1, 0.15) is 12.0 Å². The number of aliphatic imine (C=N–C) groups is 2. The summed E-state index contributed by atoms with van der Waals surface area (Å²) >= 11 is 1.43. The summed E-state index contributed by atoms with van der Waals surface area (Å²) in [5, 5.41) is 7.96. The van der Waals surface area contributed by atoms with Gasteiger partial charge in [-0.25, -0.2) is 9.67 Å². The highest BCUT2D eigenvalue weighted by Gasteiger charge is 2.31. The highest BCUT2D eigenvalue weighted by Crippen LogP contribution is 2.33. The van der Waals surface area contributed by atoms with E-state index in [9.17, 15) is 4.79 Å². The lowest BCUT2D eigenvalue weighted by Crippen LogP contribution is -2.42. The maximum Gasteiger partial charge on any atom is 0.230 e. The van der Waals surface area contributed by atoms with Crippen molar-refractivity contribution in [3.8, 4) is 5.69 Å². The molecule has 1 aromatic heterocycles. The van der Waals surface area contributed by atoms with Gasteiger partial charge in [-0.3, -0.25) is 9.79 Å². The molecule has 0 atom stereocenters. The molecule has 7 nitrogen and oxygen atoms in total. The molecular weight excluding hydrogens is 336 g/mol. The van der Waals surface area contributed by atoms with Gasteiger partial charge >= 0.3 is 0 Å². The van der Waals surface area contributed by atoms with Crippen LogP contribution in [0.4, 0.5) is 5.82 Å². The zero-order valence-electron chi connectivity index (χ0n) is 13.8. The summed E-state index contributed by atoms with van der Waals surface area (Å²) in [6.45, 7) is 1.66. The number of hydrogen-bond acceptors (Lipinski definition) is 6. The molecule has 3 heterocycles. The highest BCUT2D eigenvalue weighted by molar-refractivity contribution is 8.14. The molecule has 4 rings (SSSR count). The second kappa shape index (κ2) is 6.72. The Hall–Kier alpha value is -2.61. The summed E-state index contributed by atoms with van der Waals surface area (Å²) < 4.78 is 1.82. The van der Waals surface area contributed by atoms with Crippen LogP contribution in [0.5, 0.6) is 0 Å². The predicted octanol–water partition coefficient (Wildman–Crippen LogP) is 1.80. The largest absolute Gasteiger partial charge is 0.358 e. The Kier molecular flexibility index (Phi) is 4.27. The predicted molar refractivity (Wildman–Crippen MR) is 99.9 cm³/mol. The van der Waals surface area contributed by atoms with E-state index in [1.54, 1.807) is 7.05 Å². The number of thioether (sulfide) groups is 1. The van der Waals surface area contributed by atoms with Gasteiger partial charge in [0, 0.05) is 20.1 Å². The molecule has 2 aliphatic heterocycles. The lowest BCUT2D eigenvalue weighted by molar-refractivity contribution is -0.118. The quantitative estimate of drug-likeness (QED) is 0.912. The van der Waals surface area contributed by atoms with Crippen molar-refractivity contribution in [3.63, 3.8) is 0 Å². The number of amides is 1. The molecule has 1 N–H and O–H groups in total. The topological polar surface area (TPSA) is 74.9 Å². The second-order valence-corrected chi connectivity index (χ2v) is 6.64. The van der Waals surface area contributed by atoms with Crippen LogP contribution in [0, 0.1) is 0 Å². The maximum atomic E-state index is 11.6. The van der Waals surface area contributed by atoms with Crippen molar-refractivity contribution >= 4 is 34.5 Å². The third kappa shape index (κ3) is 2.93. The van der Waals surface area contributed by atoms with Gasteiger partial charge in [0.2, 0.25) is 5.91 Å². The van der Waals surface area contributed by atoms with Gasteiger partial charge in [0.1, 0.15) is 5.84 Å². The highest BCUT2D eigenvalue weighted by atomic mass is 32.2. The first-order valence-electron chi connectivity index (χ1n) is 8.16. The fourth-order valence-electron chi connectivity index (χ4n) is 2.85. The van der Waals surface area contributed by atoms with Gasteiger partial charge in [0.25, 0.3) is 0 Å². The van der Waals surface area contributed by atoms with Crippen molar-refractivity contribution in [1.82, 2.24) is 20.0 Å². The van der Waals surface area contributed by atoms with E-state index in [0.717, 1.165) is 47.6 Å². The first-order valence-corrected chi connectivity index (χ1v) is 9.14. The Morgan fingerprint density at radius 1 is 1.32 bits per heavy atom. The third-order valence-electron chi connectivity index (χ3n) is 4.09. The first kappa shape index (κ1) is 15.9. The Balaban J connectivity index is 1.76. The molecule has 0 saturated heterocycles. The van der Waals surface area contributed by atoms with Gasteiger partial charge in [0.15, 0.2) is 11.0 Å². The standard InChI is InChI=1S/C17H18N6OS/c1-18-14(24)11-25-17-21-16-13(15-19-8-5-9-22(15)17)10-20-23(16)12-6-3-2-4-7-12/h2-4,6-7,10H,5,8-9,11H2,1H3,(H,18,24). The average molecular weight is 354 g/mol. The fourth-order valence-corrected chi connectivity index (χ4v) is 3.74. The number of carbonyl (C=O) groups excluding carboxylic acids is 1. The monoisotopic (exact) mass is 354 g/mol. The van der Waals surface area contributed by atoms with E-state index in [2.05, 4.69) is 15.3 Å². The second-order valence-electron chi connectivity index (χ2n) is 5.70. The number of fused-ring (bicyclic) bond motifs is 3. The van der Waals surface area contributed by atoms with Gasteiger partial charge < -0.3 is 10.2 Å². The number of para-hydroxylation sites is 1. The molecule has 0 aliphatic carbocycles. The summed E-state index contributed by atoms with van der Waals surface area (Å²) in [6.07, 6.45) is 2.80. The van der Waals surface area contributed by atoms with E-state index >= 15 is 0 Å². The van der Waals surface area contributed by atoms with E-state index in [4.69, 9.17) is 9.98 Å². The number of carbonyl (C=O) groups is 1. The van der Waals surface area contributed by atoms with Crippen molar-refractivity contribution in [1.29, 1.82) is 0 Å². The minimum absolute atomic E-state index is 0.0226. The lowest BCUT2D eigenvalue weighted by Gasteiger charge is -2.32. The molecule has 25 heavy (non-hydrogen) atoms. The van der Waals surface area contributed by atoms with E-state index in [1.807, 2.05) is 41.2 Å². The molecule has 1 aromatic carbocycles. The van der Waals surface area contributed by atoms with Crippen molar-refractivity contribution in [2.75, 3.05) is 25.9 Å². The number of aromatic nitrogens is 2. The zero-order valence-corrected chi connectivity index (χ0v) is 14.7. The SMILES string of the molecule is CNC(=O)CSC1=Nc2c(cnn2-c2ccccc2)C2=NCCCN12. The minimum Gasteiger partial charge on any atom is -0.358 e. The van der Waals surface area contributed by atoms with E-state index in [-0.39, 0.29) is 5.91 Å². The molecule has 1 amide bonds. The Labute approximate surface area is 149 Å². The summed E-state index contributed by atoms with van der Waals surface area (Å²) in [5.74, 6) is 1.97. The van der Waals surface area contributed by atoms with Crippen molar-refractivity contribution in [2.45, 2.75) is 6.42 Å². The first-order chi connectivity index (χ1) is 12.3. The van der Waals surface area contributed by atoms with Crippen LogP contribution in [0.15, 0.2) is 46.5 Å². The molecule has 8 heteroatoms. The van der Waals surface area contributed by atoms with E-state index < -0.39 is 0 Å². The summed E-state index contributed by atoms with van der Waals surface area (Å²) in [4.78, 5) is 23.2. The smallest absolute Gasteiger partial charge is 0.230 e. The van der Waals surface area contributed by atoms with E-state index in [1.165, 1.54) is 11.8 Å². The zero-order chi connectivity index (χ0) is 17.2. The summed E-state index contributed by atoms with van der Waals surface area (Å²) in [6, 6.07) is 9.91. The molecule has 0 radical (unpaired) electrons. The van der Waals surface area contributed by atoms with Crippen molar-refractivity contribution in [3.05, 3.63) is 42.1 Å². The van der Waals surface area contributed by atoms with Gasteiger partial charge in [-0.2, -0.15) is 5.10 Å². The molecule has 0 saturated carbocycles. The Bertz CT molecular complexity index is 857. The minimum atomic E-state index is -0.0226. The van der Waals surface area contributed by atoms with Gasteiger partial charge in [-0.05, 0) is 18.6 Å². The molecule has 2 aromatic rings. The van der Waals surface area contributed by atoms with Crippen LogP contribution in [0.3, 0.4) is 0 Å². The molecule has 128 valence electrons. The summed E-state index contributed by atoms with van der Waals surface area (Å²) in [5.41, 5.74) is 1.89. The molecule has 0 spiro atoms. The number of hydrogen-bond donors (Lipinski definition) is 1. The number of rotatable bonds is 3. The number of amidine groups is 2. The Morgan fingerprint density at radius 3 is 2.96 bits per heavy atom. The number of nitrogens with zero attached hydrogens (tertiary/aromatic N) is 5. The average Bonchev–Trinajstić information content (AvgIpc) is 3.10. The van der Waals surface area contributed by atoms with Crippen LogP contribution in [-0.4, -0.2) is 57.5 Å². The normalized spacial score (nSPS) is 15.8. The van der Waals surface area contributed by atoms with Crippen molar-refractivity contribution in [2.24, 2.45) is 9.98 Å². The van der Waals surface area contributed by atoms with Gasteiger partial charge in [0.05, 0.1) is 23.2 Å². The lowest BCUT2D eigenvalue weighted by atomic mass is 10.2. The molecule has 0 fully saturated rings. The maximum absolute atomic E-state index is 11.6. The molecule has 0 unspecified atom stereocenters. The molecular formula is C17H18N6OS. The van der Waals surface area contributed by atoms with Crippen LogP contribution in [0.2, 0.25) is 0 Å². The molecule has 0 bridgehead atoms. The Morgan fingerprint density at radius 2 is 2.16 bits per heavy atom. The molecule has 2 aliphatic rings. The van der Waals surface area contributed by atoms with Crippen LogP contribution in [0.25, 0.3) is 5.69 Å². The summed E-state index contributed by atoms with van der Waals surface area (Å²) in [7, 11) is 1.64. The van der Waals surface area contributed by atoms with E-state index in [0.29, 0.717) is 5.75 Å². The van der Waals surface area contributed by atoms with Crippen LogP contribution >= 0.6 is 11.8 Å². The number of nitrogens with one attached hydrogen (secondary N) is 1. The van der Waals surface area contributed by atoms with Crippen molar-refractivity contribution < 1.29 is 4.79 Å². The van der Waals surface area contributed by atoms with Crippen LogP contribution < -0.4 is 5.32 Å². The fraction of sp³-hybridized carbons (Fsp3) is 0.294. The van der Waals surface area contributed by atoms with Gasteiger partial charge in [-0.1, -0.05) is 30.0 Å². The number of benzene rings is 1. The third-order valence-corrected chi connectivity index (χ3v) is 5.06. The van der Waals surface area contributed by atoms with Gasteiger partial charge in [-0.15, -0.1) is 0 Å². The van der Waals surface area contributed by atoms with Crippen LogP contribution in [-0.2, 0) is 4.79 Å².